The zero-order chi connectivity index (χ0) is 12.6. The summed E-state index contributed by atoms with van der Waals surface area (Å²) in [6.45, 7) is 1.12. The molecule has 1 rings (SSSR count). The molecular weight excluding hydrogens is 222 g/mol. The summed E-state index contributed by atoms with van der Waals surface area (Å²) in [7, 11) is 0. The molecule has 0 amide bonds. The van der Waals surface area contributed by atoms with Crippen molar-refractivity contribution in [2.45, 2.75) is 83.2 Å². The van der Waals surface area contributed by atoms with E-state index in [0.29, 0.717) is 0 Å². The molecule has 0 N–H and O–H groups in total. The van der Waals surface area contributed by atoms with Crippen molar-refractivity contribution in [1.82, 2.24) is 0 Å². The Kier molecular flexibility index (Phi) is 7.02. The first-order valence-electron chi connectivity index (χ1n) is 7.13. The van der Waals surface area contributed by atoms with Crippen molar-refractivity contribution in [3.63, 3.8) is 0 Å². The van der Waals surface area contributed by atoms with Crippen LogP contribution in [-0.2, 0) is 4.74 Å². The van der Waals surface area contributed by atoms with Gasteiger partial charge in [0.2, 0.25) is 0 Å². The van der Waals surface area contributed by atoms with Crippen molar-refractivity contribution in [2.24, 2.45) is 0 Å². The summed E-state index contributed by atoms with van der Waals surface area (Å²) in [6.07, 6.45) is 10.5. The van der Waals surface area contributed by atoms with Crippen LogP contribution in [0.3, 0.4) is 0 Å². The molecule has 0 spiro atoms. The SMILES string of the molecule is CCC(F)(F)COC1CCCCCCCCC1. The zero-order valence-corrected chi connectivity index (χ0v) is 11.0. The fourth-order valence-corrected chi connectivity index (χ4v) is 2.28. The summed E-state index contributed by atoms with van der Waals surface area (Å²) < 4.78 is 31.6. The summed E-state index contributed by atoms with van der Waals surface area (Å²) in [5, 5.41) is 0. The molecule has 0 bridgehead atoms. The first-order valence-corrected chi connectivity index (χ1v) is 7.13. The van der Waals surface area contributed by atoms with Gasteiger partial charge >= 0.3 is 0 Å². The zero-order valence-electron chi connectivity index (χ0n) is 11.0. The molecule has 0 aliphatic heterocycles. The lowest BCUT2D eigenvalue weighted by Gasteiger charge is -2.22. The first kappa shape index (κ1) is 14.9. The van der Waals surface area contributed by atoms with E-state index in [1.165, 1.54) is 39.0 Å². The molecule has 0 unspecified atom stereocenters. The summed E-state index contributed by atoms with van der Waals surface area (Å²) in [6, 6.07) is 0. The molecule has 0 aromatic carbocycles. The van der Waals surface area contributed by atoms with Crippen molar-refractivity contribution >= 4 is 0 Å². The van der Waals surface area contributed by atoms with Crippen LogP contribution in [0.25, 0.3) is 0 Å². The average molecular weight is 248 g/mol. The molecule has 0 radical (unpaired) electrons. The molecule has 1 fully saturated rings. The first-order chi connectivity index (χ1) is 8.14. The highest BCUT2D eigenvalue weighted by Gasteiger charge is 2.27. The Bertz CT molecular complexity index is 185. The fourth-order valence-electron chi connectivity index (χ4n) is 2.28. The van der Waals surface area contributed by atoms with Crippen molar-refractivity contribution in [3.05, 3.63) is 0 Å². The predicted molar refractivity (Wildman–Crippen MR) is 66.5 cm³/mol. The fraction of sp³-hybridized carbons (Fsp3) is 1.00. The van der Waals surface area contributed by atoms with E-state index in [1.54, 1.807) is 0 Å². The van der Waals surface area contributed by atoms with Crippen LogP contribution in [0.2, 0.25) is 0 Å². The minimum atomic E-state index is -2.64. The third-order valence-corrected chi connectivity index (χ3v) is 3.60. The lowest BCUT2D eigenvalue weighted by Crippen LogP contribution is -2.27. The molecule has 17 heavy (non-hydrogen) atoms. The third kappa shape index (κ3) is 6.97. The number of alkyl halides is 2. The number of rotatable bonds is 4. The van der Waals surface area contributed by atoms with E-state index < -0.39 is 12.5 Å². The lowest BCUT2D eigenvalue weighted by molar-refractivity contribution is -0.104. The third-order valence-electron chi connectivity index (χ3n) is 3.60. The average Bonchev–Trinajstić information content (AvgIpc) is 2.34. The summed E-state index contributed by atoms with van der Waals surface area (Å²) in [4.78, 5) is 0. The maximum Gasteiger partial charge on any atom is 0.270 e. The number of hydrogen-bond acceptors (Lipinski definition) is 1. The van der Waals surface area contributed by atoms with Crippen molar-refractivity contribution in [3.8, 4) is 0 Å². The highest BCUT2D eigenvalue weighted by molar-refractivity contribution is 4.66. The molecule has 0 aromatic heterocycles. The molecular formula is C14H26F2O. The topological polar surface area (TPSA) is 9.23 Å². The standard InChI is InChI=1S/C14H26F2O/c1-2-14(15,16)12-17-13-10-8-6-4-3-5-7-9-11-13/h13H,2-12H2,1H3. The Morgan fingerprint density at radius 1 is 0.941 bits per heavy atom. The molecule has 102 valence electrons. The second-order valence-electron chi connectivity index (χ2n) is 5.19. The van der Waals surface area contributed by atoms with E-state index in [9.17, 15) is 8.78 Å². The molecule has 0 heterocycles. The van der Waals surface area contributed by atoms with Crippen molar-refractivity contribution < 1.29 is 13.5 Å². The molecule has 1 nitrogen and oxygen atoms in total. The molecule has 1 aliphatic rings. The predicted octanol–water partition coefficient (Wildman–Crippen LogP) is 4.94. The van der Waals surface area contributed by atoms with Gasteiger partial charge in [0.1, 0.15) is 6.61 Å². The maximum atomic E-state index is 13.1. The normalized spacial score (nSPS) is 21.4. The Labute approximate surface area is 104 Å². The van der Waals surface area contributed by atoms with Crippen LogP contribution >= 0.6 is 0 Å². The molecule has 1 aliphatic carbocycles. The van der Waals surface area contributed by atoms with Gasteiger partial charge in [-0.25, -0.2) is 8.78 Å². The van der Waals surface area contributed by atoms with Gasteiger partial charge in [0.25, 0.3) is 5.92 Å². The van der Waals surface area contributed by atoms with Crippen molar-refractivity contribution in [2.75, 3.05) is 6.61 Å². The minimum absolute atomic E-state index is 0.0607. The van der Waals surface area contributed by atoms with Crippen LogP contribution in [0.1, 0.15) is 71.1 Å². The Balaban J connectivity index is 2.27. The van der Waals surface area contributed by atoms with Gasteiger partial charge in [0, 0.05) is 6.42 Å². The molecule has 0 aromatic rings. The van der Waals surface area contributed by atoms with Gasteiger partial charge in [-0.15, -0.1) is 0 Å². The molecule has 0 atom stereocenters. The van der Waals surface area contributed by atoms with E-state index in [4.69, 9.17) is 4.74 Å². The summed E-state index contributed by atoms with van der Waals surface area (Å²) in [5.41, 5.74) is 0. The van der Waals surface area contributed by atoms with Gasteiger partial charge in [0.05, 0.1) is 6.10 Å². The maximum absolute atomic E-state index is 13.1. The van der Waals surface area contributed by atoms with Crippen LogP contribution < -0.4 is 0 Å². The van der Waals surface area contributed by atoms with Crippen LogP contribution in [0.4, 0.5) is 8.78 Å². The van der Waals surface area contributed by atoms with Gasteiger partial charge in [-0.2, -0.15) is 0 Å². The van der Waals surface area contributed by atoms with Crippen LogP contribution in [-0.4, -0.2) is 18.6 Å². The van der Waals surface area contributed by atoms with E-state index in [1.807, 2.05) is 0 Å². The van der Waals surface area contributed by atoms with E-state index in [2.05, 4.69) is 0 Å². The van der Waals surface area contributed by atoms with Gasteiger partial charge in [-0.1, -0.05) is 51.9 Å². The van der Waals surface area contributed by atoms with Gasteiger partial charge in [-0.3, -0.25) is 0 Å². The quantitative estimate of drug-likeness (QED) is 0.684. The Morgan fingerprint density at radius 3 is 1.88 bits per heavy atom. The highest BCUT2D eigenvalue weighted by Crippen LogP contribution is 2.23. The van der Waals surface area contributed by atoms with Crippen LogP contribution in [0.5, 0.6) is 0 Å². The van der Waals surface area contributed by atoms with Gasteiger partial charge in [-0.05, 0) is 12.8 Å². The van der Waals surface area contributed by atoms with Gasteiger partial charge in [0.15, 0.2) is 0 Å². The van der Waals surface area contributed by atoms with E-state index in [-0.39, 0.29) is 12.5 Å². The molecule has 3 heteroatoms. The van der Waals surface area contributed by atoms with Crippen LogP contribution in [0.15, 0.2) is 0 Å². The minimum Gasteiger partial charge on any atom is -0.372 e. The Morgan fingerprint density at radius 2 is 1.41 bits per heavy atom. The van der Waals surface area contributed by atoms with Gasteiger partial charge < -0.3 is 4.74 Å². The number of hydrogen-bond donors (Lipinski definition) is 0. The monoisotopic (exact) mass is 248 g/mol. The van der Waals surface area contributed by atoms with Crippen LogP contribution in [0, 0.1) is 0 Å². The van der Waals surface area contributed by atoms with Crippen molar-refractivity contribution in [1.29, 1.82) is 0 Å². The molecule has 0 saturated heterocycles. The smallest absolute Gasteiger partial charge is 0.270 e. The number of ether oxygens (including phenoxy) is 1. The lowest BCUT2D eigenvalue weighted by atomic mass is 9.99. The summed E-state index contributed by atoms with van der Waals surface area (Å²) in [5.74, 6) is -2.64. The second kappa shape index (κ2) is 8.02. The second-order valence-corrected chi connectivity index (χ2v) is 5.19. The molecule has 1 saturated carbocycles. The summed E-state index contributed by atoms with van der Waals surface area (Å²) >= 11 is 0. The largest absolute Gasteiger partial charge is 0.372 e. The van der Waals surface area contributed by atoms with E-state index >= 15 is 0 Å². The number of halogens is 2. The van der Waals surface area contributed by atoms with E-state index in [0.717, 1.165) is 25.7 Å². The Hall–Kier alpha value is -0.180. The highest BCUT2D eigenvalue weighted by atomic mass is 19.3.